The first-order valence-electron chi connectivity index (χ1n) is 13.0. The molecule has 0 unspecified atom stereocenters. The van der Waals surface area contributed by atoms with E-state index in [-0.39, 0.29) is 37.8 Å². The SMILES string of the molecule is CCOC(=O)c1c(NC(=O)NCc2c(N3C(=O)CCC3=O)sc3c2CCN(CC)C3)sc2c1CCCC2. The number of hydrogen-bond donors (Lipinski definition) is 2. The monoisotopic (exact) mass is 544 g/mol. The Morgan fingerprint density at radius 2 is 1.70 bits per heavy atom. The lowest BCUT2D eigenvalue weighted by Gasteiger charge is -2.25. The van der Waals surface area contributed by atoms with Crippen LogP contribution < -0.4 is 15.5 Å². The van der Waals surface area contributed by atoms with Crippen LogP contribution in [0.4, 0.5) is 14.8 Å². The maximum atomic E-state index is 13.1. The Bertz CT molecular complexity index is 1230. The number of carbonyl (C=O) groups excluding carboxylic acids is 4. The third kappa shape index (κ3) is 5.04. The van der Waals surface area contributed by atoms with Crippen molar-refractivity contribution in [1.82, 2.24) is 10.2 Å². The fraction of sp³-hybridized carbons (Fsp3) is 0.538. The summed E-state index contributed by atoms with van der Waals surface area (Å²) in [5, 5.41) is 6.96. The molecule has 37 heavy (non-hydrogen) atoms. The van der Waals surface area contributed by atoms with E-state index in [4.69, 9.17) is 4.74 Å². The van der Waals surface area contributed by atoms with Crippen molar-refractivity contribution in [3.05, 3.63) is 32.0 Å². The van der Waals surface area contributed by atoms with Crippen molar-refractivity contribution in [1.29, 1.82) is 0 Å². The fourth-order valence-electron chi connectivity index (χ4n) is 5.33. The van der Waals surface area contributed by atoms with Gasteiger partial charge in [-0.25, -0.2) is 14.5 Å². The molecule has 0 radical (unpaired) electrons. The molecule has 1 saturated heterocycles. The lowest BCUT2D eigenvalue weighted by atomic mass is 9.95. The van der Waals surface area contributed by atoms with E-state index in [9.17, 15) is 19.2 Å². The van der Waals surface area contributed by atoms with Crippen LogP contribution in [0.2, 0.25) is 0 Å². The third-order valence-electron chi connectivity index (χ3n) is 7.23. The van der Waals surface area contributed by atoms with Gasteiger partial charge < -0.3 is 10.1 Å². The highest BCUT2D eigenvalue weighted by atomic mass is 32.1. The van der Waals surface area contributed by atoms with Crippen molar-refractivity contribution in [2.45, 2.75) is 71.9 Å². The number of likely N-dealkylation sites (N-methyl/N-ethyl adjacent to an activating group) is 1. The highest BCUT2D eigenvalue weighted by Gasteiger charge is 2.36. The number of esters is 1. The fourth-order valence-corrected chi connectivity index (χ4v) is 8.05. The molecule has 0 spiro atoms. The first-order valence-corrected chi connectivity index (χ1v) is 14.6. The Hall–Kier alpha value is -2.76. The standard InChI is InChI=1S/C26H32N4O5S2/c1-3-29-12-11-15-17(24(37-19(15)14-29)30-20(31)9-10-21(30)32)13-27-26(34)28-23-22(25(33)35-4-2)16-7-5-6-8-18(16)36-23/h3-14H2,1-2H3,(H2,27,28,34). The van der Waals surface area contributed by atoms with Crippen LogP contribution in [0, 0.1) is 0 Å². The summed E-state index contributed by atoms with van der Waals surface area (Å²) in [7, 11) is 0. The Kier molecular flexibility index (Phi) is 7.64. The van der Waals surface area contributed by atoms with Gasteiger partial charge in [-0.05, 0) is 56.7 Å². The molecule has 2 aromatic rings. The van der Waals surface area contributed by atoms with Crippen LogP contribution in [0.5, 0.6) is 0 Å². The lowest BCUT2D eigenvalue weighted by molar-refractivity contribution is -0.121. The van der Waals surface area contributed by atoms with E-state index in [1.54, 1.807) is 6.92 Å². The minimum atomic E-state index is -0.430. The van der Waals surface area contributed by atoms with Crippen molar-refractivity contribution in [2.24, 2.45) is 0 Å². The second-order valence-corrected chi connectivity index (χ2v) is 11.7. The number of thiophene rings is 2. The number of urea groups is 1. The van der Waals surface area contributed by atoms with Gasteiger partial charge in [0.05, 0.1) is 12.2 Å². The molecule has 11 heteroatoms. The summed E-state index contributed by atoms with van der Waals surface area (Å²) in [6, 6.07) is -0.430. The number of rotatable bonds is 7. The average molecular weight is 545 g/mol. The number of ether oxygens (including phenoxy) is 1. The molecule has 1 aliphatic carbocycles. The van der Waals surface area contributed by atoms with E-state index in [2.05, 4.69) is 22.5 Å². The molecular formula is C26H32N4O5S2. The van der Waals surface area contributed by atoms with Gasteiger partial charge in [0.25, 0.3) is 0 Å². The molecule has 9 nitrogen and oxygen atoms in total. The summed E-state index contributed by atoms with van der Waals surface area (Å²) in [4.78, 5) is 56.8. The molecule has 2 aliphatic heterocycles. The summed E-state index contributed by atoms with van der Waals surface area (Å²) >= 11 is 2.93. The summed E-state index contributed by atoms with van der Waals surface area (Å²) in [5.74, 6) is -0.785. The molecule has 0 aromatic carbocycles. The quantitative estimate of drug-likeness (QED) is 0.399. The van der Waals surface area contributed by atoms with Crippen LogP contribution in [0.25, 0.3) is 0 Å². The maximum absolute atomic E-state index is 13.1. The van der Waals surface area contributed by atoms with Crippen LogP contribution in [0.1, 0.15) is 76.3 Å². The van der Waals surface area contributed by atoms with Crippen LogP contribution in [0.3, 0.4) is 0 Å². The number of imide groups is 1. The topological polar surface area (TPSA) is 108 Å². The molecule has 0 atom stereocenters. The zero-order chi connectivity index (χ0) is 26.1. The van der Waals surface area contributed by atoms with Crippen LogP contribution in [-0.2, 0) is 46.7 Å². The number of aryl methyl sites for hydroxylation is 1. The number of carbonyl (C=O) groups is 4. The zero-order valence-electron chi connectivity index (χ0n) is 21.2. The second-order valence-electron chi connectivity index (χ2n) is 9.47. The average Bonchev–Trinajstić information content (AvgIpc) is 3.54. The maximum Gasteiger partial charge on any atom is 0.341 e. The summed E-state index contributed by atoms with van der Waals surface area (Å²) in [5.41, 5.74) is 3.42. The van der Waals surface area contributed by atoms with E-state index in [0.717, 1.165) is 78.2 Å². The molecule has 2 aromatic heterocycles. The number of anilines is 2. The molecular weight excluding hydrogens is 512 g/mol. The smallest absolute Gasteiger partial charge is 0.341 e. The van der Waals surface area contributed by atoms with Gasteiger partial charge >= 0.3 is 12.0 Å². The van der Waals surface area contributed by atoms with Crippen molar-refractivity contribution in [3.8, 4) is 0 Å². The molecule has 0 saturated carbocycles. The van der Waals surface area contributed by atoms with Crippen molar-refractivity contribution >= 4 is 56.5 Å². The van der Waals surface area contributed by atoms with Crippen LogP contribution in [-0.4, -0.2) is 48.4 Å². The number of nitrogens with one attached hydrogen (secondary N) is 2. The summed E-state index contributed by atoms with van der Waals surface area (Å²) < 4.78 is 5.29. The van der Waals surface area contributed by atoms with Gasteiger partial charge in [-0.15, -0.1) is 22.7 Å². The molecule has 3 aliphatic rings. The Labute approximate surface area is 224 Å². The molecule has 5 rings (SSSR count). The van der Waals surface area contributed by atoms with Gasteiger partial charge in [0.15, 0.2) is 0 Å². The molecule has 1 fully saturated rings. The number of fused-ring (bicyclic) bond motifs is 2. The molecule has 0 bridgehead atoms. The van der Waals surface area contributed by atoms with Gasteiger partial charge in [-0.2, -0.15) is 0 Å². The van der Waals surface area contributed by atoms with E-state index in [1.807, 2.05) is 0 Å². The molecule has 4 heterocycles. The van der Waals surface area contributed by atoms with Gasteiger partial charge in [0.1, 0.15) is 10.0 Å². The second kappa shape index (κ2) is 10.9. The van der Waals surface area contributed by atoms with Crippen LogP contribution >= 0.6 is 22.7 Å². The minimum Gasteiger partial charge on any atom is -0.462 e. The van der Waals surface area contributed by atoms with E-state index in [0.29, 0.717) is 15.6 Å². The van der Waals surface area contributed by atoms with Gasteiger partial charge in [-0.3, -0.25) is 19.8 Å². The number of hydrogen-bond acceptors (Lipinski definition) is 8. The van der Waals surface area contributed by atoms with Gasteiger partial charge in [-0.1, -0.05) is 6.92 Å². The van der Waals surface area contributed by atoms with Gasteiger partial charge in [0.2, 0.25) is 11.8 Å². The lowest BCUT2D eigenvalue weighted by Crippen LogP contribution is -2.33. The largest absolute Gasteiger partial charge is 0.462 e. The van der Waals surface area contributed by atoms with E-state index >= 15 is 0 Å². The highest BCUT2D eigenvalue weighted by Crippen LogP contribution is 2.42. The minimum absolute atomic E-state index is 0.190. The molecule has 4 amide bonds. The van der Waals surface area contributed by atoms with E-state index in [1.165, 1.54) is 27.6 Å². The third-order valence-corrected chi connectivity index (χ3v) is 9.68. The summed E-state index contributed by atoms with van der Waals surface area (Å²) in [6.45, 7) is 6.94. The van der Waals surface area contributed by atoms with Gasteiger partial charge in [0, 0.05) is 47.8 Å². The van der Waals surface area contributed by atoms with Crippen molar-refractivity contribution in [3.63, 3.8) is 0 Å². The molecule has 198 valence electrons. The first-order chi connectivity index (χ1) is 17.9. The molecule has 2 N–H and O–H groups in total. The zero-order valence-corrected chi connectivity index (χ0v) is 22.9. The predicted molar refractivity (Wildman–Crippen MR) is 143 cm³/mol. The Morgan fingerprint density at radius 3 is 2.43 bits per heavy atom. The van der Waals surface area contributed by atoms with Crippen LogP contribution in [0.15, 0.2) is 0 Å². The number of amides is 4. The van der Waals surface area contributed by atoms with Crippen molar-refractivity contribution < 1.29 is 23.9 Å². The summed E-state index contributed by atoms with van der Waals surface area (Å²) in [6.07, 6.45) is 5.02. The Morgan fingerprint density at radius 1 is 0.946 bits per heavy atom. The predicted octanol–water partition coefficient (Wildman–Crippen LogP) is 4.22. The highest BCUT2D eigenvalue weighted by molar-refractivity contribution is 7.17. The number of nitrogens with zero attached hydrogens (tertiary/aromatic N) is 2. The Balaban J connectivity index is 1.38. The van der Waals surface area contributed by atoms with Crippen molar-refractivity contribution in [2.75, 3.05) is 29.9 Å². The normalized spacial score (nSPS) is 17.5. The first kappa shape index (κ1) is 25.9. The van der Waals surface area contributed by atoms with E-state index < -0.39 is 12.0 Å².